The van der Waals surface area contributed by atoms with E-state index >= 15 is 0 Å². The van der Waals surface area contributed by atoms with Gasteiger partial charge in [-0.15, -0.1) is 0 Å². The fourth-order valence-electron chi connectivity index (χ4n) is 2.71. The lowest BCUT2D eigenvalue weighted by atomic mass is 10.0. The van der Waals surface area contributed by atoms with Gasteiger partial charge >= 0.3 is 0 Å². The number of hydrogen-bond donors (Lipinski definition) is 1. The van der Waals surface area contributed by atoms with Gasteiger partial charge in [-0.25, -0.2) is 18.1 Å². The number of rotatable bonds is 6. The number of sulfonamides is 1. The van der Waals surface area contributed by atoms with Gasteiger partial charge in [0, 0.05) is 22.9 Å². The maximum atomic E-state index is 12.3. The second kappa shape index (κ2) is 8.63. The molecule has 152 valence electrons. The summed E-state index contributed by atoms with van der Waals surface area (Å²) in [5.74, 6) is 0.312. The number of amides is 1. The van der Waals surface area contributed by atoms with Gasteiger partial charge in [-0.05, 0) is 48.5 Å². The summed E-state index contributed by atoms with van der Waals surface area (Å²) in [6.45, 7) is 0. The smallest absolute Gasteiger partial charge is 0.264 e. The molecule has 1 heterocycles. The van der Waals surface area contributed by atoms with E-state index in [1.54, 1.807) is 42.6 Å². The van der Waals surface area contributed by atoms with Crippen molar-refractivity contribution in [2.75, 3.05) is 13.4 Å². The molecule has 8 nitrogen and oxygen atoms in total. The van der Waals surface area contributed by atoms with Crippen LogP contribution in [0.5, 0.6) is 17.4 Å². The van der Waals surface area contributed by atoms with Gasteiger partial charge in [0.05, 0.1) is 25.0 Å². The van der Waals surface area contributed by atoms with Crippen LogP contribution in [0.1, 0.15) is 15.9 Å². The lowest BCUT2D eigenvalue weighted by Gasteiger charge is -2.15. The molecular formula is C21H17N3O5S. The Labute approximate surface area is 173 Å². The van der Waals surface area contributed by atoms with Crippen molar-refractivity contribution in [1.82, 2.24) is 9.71 Å². The lowest BCUT2D eigenvalue weighted by molar-refractivity contribution is 0.0981. The Morgan fingerprint density at radius 2 is 1.90 bits per heavy atom. The Bertz CT molecular complexity index is 1250. The first-order valence-electron chi connectivity index (χ1n) is 8.64. The monoisotopic (exact) mass is 423 g/mol. The number of nitriles is 1. The highest BCUT2D eigenvalue weighted by Gasteiger charge is 2.18. The molecule has 0 unspecified atom stereocenters. The molecule has 0 bridgehead atoms. The summed E-state index contributed by atoms with van der Waals surface area (Å²) in [7, 11) is -2.27. The molecule has 0 aliphatic heterocycles. The molecular weight excluding hydrogens is 406 g/mol. The number of hydrogen-bond acceptors (Lipinski definition) is 7. The summed E-state index contributed by atoms with van der Waals surface area (Å²) in [6.07, 6.45) is 2.45. The van der Waals surface area contributed by atoms with Gasteiger partial charge in [0.1, 0.15) is 11.5 Å². The van der Waals surface area contributed by atoms with Crippen LogP contribution in [0, 0.1) is 11.3 Å². The Morgan fingerprint density at radius 1 is 1.10 bits per heavy atom. The van der Waals surface area contributed by atoms with E-state index in [9.17, 15) is 13.2 Å². The van der Waals surface area contributed by atoms with E-state index in [0.29, 0.717) is 34.1 Å². The van der Waals surface area contributed by atoms with E-state index < -0.39 is 15.9 Å². The summed E-state index contributed by atoms with van der Waals surface area (Å²) in [6, 6.07) is 16.5. The summed E-state index contributed by atoms with van der Waals surface area (Å²) in [5.41, 5.74) is 1.54. The van der Waals surface area contributed by atoms with Crippen LogP contribution in [0.2, 0.25) is 0 Å². The van der Waals surface area contributed by atoms with Crippen LogP contribution in [0.15, 0.2) is 60.8 Å². The first-order chi connectivity index (χ1) is 14.3. The number of aromatic nitrogens is 1. The topological polar surface area (TPSA) is 118 Å². The van der Waals surface area contributed by atoms with Crippen molar-refractivity contribution >= 4 is 15.9 Å². The van der Waals surface area contributed by atoms with Crippen molar-refractivity contribution in [3.8, 4) is 34.6 Å². The molecule has 3 rings (SSSR count). The minimum absolute atomic E-state index is 0.111. The number of ether oxygens (including phenoxy) is 2. The number of carbonyl (C=O) groups is 1. The number of nitrogens with one attached hydrogen (secondary N) is 1. The average Bonchev–Trinajstić information content (AvgIpc) is 2.73. The van der Waals surface area contributed by atoms with Crippen molar-refractivity contribution < 1.29 is 22.7 Å². The van der Waals surface area contributed by atoms with Crippen LogP contribution >= 0.6 is 0 Å². The van der Waals surface area contributed by atoms with E-state index in [4.69, 9.17) is 14.7 Å². The fraction of sp³-hybridized carbons (Fsp3) is 0.0952. The maximum Gasteiger partial charge on any atom is 0.264 e. The van der Waals surface area contributed by atoms with Gasteiger partial charge in [-0.1, -0.05) is 6.07 Å². The second-order valence-corrected chi connectivity index (χ2v) is 7.96. The molecule has 0 saturated carbocycles. The molecule has 0 saturated heterocycles. The molecule has 0 spiro atoms. The maximum absolute atomic E-state index is 12.3. The lowest BCUT2D eigenvalue weighted by Crippen LogP contribution is -2.29. The zero-order valence-corrected chi connectivity index (χ0v) is 16.9. The van der Waals surface area contributed by atoms with Crippen LogP contribution in [0.3, 0.4) is 0 Å². The number of nitrogens with zero attached hydrogens (tertiary/aromatic N) is 2. The van der Waals surface area contributed by atoms with E-state index in [0.717, 1.165) is 6.26 Å². The van der Waals surface area contributed by atoms with Gasteiger partial charge in [0.25, 0.3) is 5.91 Å². The molecule has 2 aromatic carbocycles. The Hall–Kier alpha value is -3.90. The molecule has 0 aliphatic rings. The van der Waals surface area contributed by atoms with Crippen LogP contribution in [-0.2, 0) is 10.0 Å². The molecule has 1 amide bonds. The van der Waals surface area contributed by atoms with Crippen molar-refractivity contribution in [3.63, 3.8) is 0 Å². The standard InChI is InChI=1S/C21H17N3O5S/c1-28-21-17(7-4-10-23-21)18-12-15(20(25)24-30(2,26)27)8-9-19(18)29-16-6-3-5-14(11-16)13-22/h3-12H,1-2H3,(H,24,25). The van der Waals surface area contributed by atoms with Gasteiger partial charge in [0.15, 0.2) is 0 Å². The SMILES string of the molecule is COc1ncccc1-c1cc(C(=O)NS(C)(=O)=O)ccc1Oc1cccc(C#N)c1. The second-order valence-electron chi connectivity index (χ2n) is 6.22. The minimum Gasteiger partial charge on any atom is -0.481 e. The molecule has 0 aliphatic carbocycles. The first kappa shape index (κ1) is 20.8. The number of carbonyl (C=O) groups excluding carboxylic acids is 1. The van der Waals surface area contributed by atoms with Crippen molar-refractivity contribution in [3.05, 3.63) is 71.9 Å². The third kappa shape index (κ3) is 4.92. The quantitative estimate of drug-likeness (QED) is 0.647. The molecule has 9 heteroatoms. The predicted molar refractivity (Wildman–Crippen MR) is 110 cm³/mol. The molecule has 3 aromatic rings. The summed E-state index contributed by atoms with van der Waals surface area (Å²) < 4.78 is 36.1. The van der Waals surface area contributed by atoms with E-state index in [1.165, 1.54) is 25.3 Å². The van der Waals surface area contributed by atoms with Gasteiger partial charge in [-0.2, -0.15) is 5.26 Å². The van der Waals surface area contributed by atoms with Crippen LogP contribution in [0.4, 0.5) is 0 Å². The Kier molecular flexibility index (Phi) is 5.99. The number of benzene rings is 2. The largest absolute Gasteiger partial charge is 0.481 e. The van der Waals surface area contributed by atoms with Crippen LogP contribution < -0.4 is 14.2 Å². The number of pyridine rings is 1. The normalized spacial score (nSPS) is 10.7. The highest BCUT2D eigenvalue weighted by atomic mass is 32.2. The molecule has 0 radical (unpaired) electrons. The molecule has 0 fully saturated rings. The average molecular weight is 423 g/mol. The van der Waals surface area contributed by atoms with Crippen molar-refractivity contribution in [1.29, 1.82) is 5.26 Å². The van der Waals surface area contributed by atoms with Crippen LogP contribution in [0.25, 0.3) is 11.1 Å². The molecule has 1 N–H and O–H groups in total. The Balaban J connectivity index is 2.11. The fourth-order valence-corrected chi connectivity index (χ4v) is 3.17. The summed E-state index contributed by atoms with van der Waals surface area (Å²) in [4.78, 5) is 16.5. The third-order valence-electron chi connectivity index (χ3n) is 3.97. The molecule has 30 heavy (non-hydrogen) atoms. The predicted octanol–water partition coefficient (Wildman–Crippen LogP) is 3.11. The summed E-state index contributed by atoms with van der Waals surface area (Å²) >= 11 is 0. The first-order valence-corrected chi connectivity index (χ1v) is 10.5. The highest BCUT2D eigenvalue weighted by molar-refractivity contribution is 7.89. The highest BCUT2D eigenvalue weighted by Crippen LogP contribution is 2.38. The van der Waals surface area contributed by atoms with E-state index in [1.807, 2.05) is 10.8 Å². The van der Waals surface area contributed by atoms with E-state index in [-0.39, 0.29) is 5.56 Å². The van der Waals surface area contributed by atoms with Gasteiger partial charge in [0.2, 0.25) is 15.9 Å². The number of methoxy groups -OCH3 is 1. The van der Waals surface area contributed by atoms with Gasteiger partial charge < -0.3 is 9.47 Å². The summed E-state index contributed by atoms with van der Waals surface area (Å²) in [5, 5.41) is 9.10. The van der Waals surface area contributed by atoms with Crippen LogP contribution in [-0.4, -0.2) is 32.7 Å². The van der Waals surface area contributed by atoms with Crippen molar-refractivity contribution in [2.45, 2.75) is 0 Å². The molecule has 1 aromatic heterocycles. The van der Waals surface area contributed by atoms with Gasteiger partial charge in [-0.3, -0.25) is 4.79 Å². The van der Waals surface area contributed by atoms with E-state index in [2.05, 4.69) is 4.98 Å². The third-order valence-corrected chi connectivity index (χ3v) is 4.52. The minimum atomic E-state index is -3.73. The molecule has 0 atom stereocenters. The van der Waals surface area contributed by atoms with Crippen molar-refractivity contribution in [2.24, 2.45) is 0 Å². The zero-order valence-electron chi connectivity index (χ0n) is 16.1. The zero-order chi connectivity index (χ0) is 21.7. The Morgan fingerprint density at radius 3 is 2.60 bits per heavy atom.